The summed E-state index contributed by atoms with van der Waals surface area (Å²) >= 11 is 0. The summed E-state index contributed by atoms with van der Waals surface area (Å²) in [5.74, 6) is 0.550. The third-order valence-corrected chi connectivity index (χ3v) is 4.47. The van der Waals surface area contributed by atoms with Crippen LogP contribution in [0.1, 0.15) is 44.6 Å². The van der Waals surface area contributed by atoms with E-state index in [2.05, 4.69) is 11.4 Å². The normalized spacial score (nSPS) is 13.8. The van der Waals surface area contributed by atoms with Gasteiger partial charge in [0, 0.05) is 20.0 Å². The van der Waals surface area contributed by atoms with Crippen LogP contribution in [0.25, 0.3) is 0 Å². The van der Waals surface area contributed by atoms with Gasteiger partial charge in [0.05, 0.1) is 13.7 Å². The van der Waals surface area contributed by atoms with Gasteiger partial charge in [0.15, 0.2) is 0 Å². The first kappa shape index (κ1) is 19.0. The zero-order valence-electron chi connectivity index (χ0n) is 15.2. The lowest BCUT2D eigenvalue weighted by Gasteiger charge is -2.21. The van der Waals surface area contributed by atoms with Crippen molar-refractivity contribution in [2.24, 2.45) is 0 Å². The zero-order valence-corrected chi connectivity index (χ0v) is 15.2. The van der Waals surface area contributed by atoms with E-state index in [9.17, 15) is 9.59 Å². The molecule has 0 saturated carbocycles. The predicted molar refractivity (Wildman–Crippen MR) is 98.3 cm³/mol. The second-order valence-electron chi connectivity index (χ2n) is 6.43. The van der Waals surface area contributed by atoms with Crippen molar-refractivity contribution in [1.82, 2.24) is 10.2 Å². The molecule has 0 aliphatic heterocycles. The molecule has 0 fully saturated rings. The smallest absolute Gasteiger partial charge is 0.239 e. The van der Waals surface area contributed by atoms with Gasteiger partial charge in [0.2, 0.25) is 11.8 Å². The van der Waals surface area contributed by atoms with Crippen molar-refractivity contribution in [2.75, 3.05) is 20.2 Å². The molecule has 0 bridgehead atoms. The largest absolute Gasteiger partial charge is 0.497 e. The monoisotopic (exact) mass is 344 g/mol. The van der Waals surface area contributed by atoms with E-state index in [1.165, 1.54) is 25.3 Å². The minimum absolute atomic E-state index is 0.0837. The summed E-state index contributed by atoms with van der Waals surface area (Å²) in [7, 11) is 1.62. The highest BCUT2D eigenvalue weighted by Crippen LogP contribution is 2.19. The average molecular weight is 344 g/mol. The molecule has 0 aromatic heterocycles. The summed E-state index contributed by atoms with van der Waals surface area (Å²) in [5, 5.41) is 2.93. The van der Waals surface area contributed by atoms with Crippen LogP contribution in [0.15, 0.2) is 35.9 Å². The summed E-state index contributed by atoms with van der Waals surface area (Å²) in [6.07, 6.45) is 8.02. The minimum atomic E-state index is -0.111. The van der Waals surface area contributed by atoms with E-state index in [0.717, 1.165) is 30.6 Å². The topological polar surface area (TPSA) is 58.6 Å². The molecule has 0 spiro atoms. The lowest BCUT2D eigenvalue weighted by atomic mass is 9.97. The Morgan fingerprint density at radius 1 is 1.20 bits per heavy atom. The fourth-order valence-electron chi connectivity index (χ4n) is 2.95. The summed E-state index contributed by atoms with van der Waals surface area (Å²) in [6, 6.07) is 7.52. The van der Waals surface area contributed by atoms with E-state index >= 15 is 0 Å². The van der Waals surface area contributed by atoms with Gasteiger partial charge in [-0.15, -0.1) is 0 Å². The number of allylic oxidation sites excluding steroid dienone is 1. The zero-order chi connectivity index (χ0) is 18.1. The summed E-state index contributed by atoms with van der Waals surface area (Å²) in [6.45, 7) is 2.63. The van der Waals surface area contributed by atoms with Crippen LogP contribution >= 0.6 is 0 Å². The highest BCUT2D eigenvalue weighted by molar-refractivity contribution is 5.83. The maximum Gasteiger partial charge on any atom is 0.239 e. The lowest BCUT2D eigenvalue weighted by molar-refractivity contribution is -0.134. The van der Waals surface area contributed by atoms with E-state index in [1.54, 1.807) is 12.0 Å². The number of hydrogen-bond acceptors (Lipinski definition) is 3. The number of methoxy groups -OCH3 is 1. The lowest BCUT2D eigenvalue weighted by Crippen LogP contribution is -2.39. The molecule has 0 heterocycles. The van der Waals surface area contributed by atoms with Gasteiger partial charge >= 0.3 is 0 Å². The van der Waals surface area contributed by atoms with Gasteiger partial charge in [0.25, 0.3) is 0 Å². The highest BCUT2D eigenvalue weighted by Gasteiger charge is 2.14. The fraction of sp³-hybridized carbons (Fsp3) is 0.500. The molecule has 1 aromatic carbocycles. The molecular weight excluding hydrogens is 316 g/mol. The summed E-state index contributed by atoms with van der Waals surface area (Å²) in [5.41, 5.74) is 2.41. The Bertz CT molecular complexity index is 608. The van der Waals surface area contributed by atoms with Crippen molar-refractivity contribution in [3.63, 3.8) is 0 Å². The third-order valence-electron chi connectivity index (χ3n) is 4.47. The molecule has 136 valence electrons. The fourth-order valence-corrected chi connectivity index (χ4v) is 2.95. The molecule has 5 heteroatoms. The molecule has 25 heavy (non-hydrogen) atoms. The van der Waals surface area contributed by atoms with Crippen molar-refractivity contribution >= 4 is 11.8 Å². The minimum Gasteiger partial charge on any atom is -0.497 e. The van der Waals surface area contributed by atoms with Crippen LogP contribution in [-0.4, -0.2) is 36.9 Å². The van der Waals surface area contributed by atoms with Gasteiger partial charge in [-0.3, -0.25) is 9.59 Å². The van der Waals surface area contributed by atoms with Crippen LogP contribution in [-0.2, 0) is 16.1 Å². The van der Waals surface area contributed by atoms with E-state index in [-0.39, 0.29) is 18.4 Å². The van der Waals surface area contributed by atoms with Crippen LogP contribution in [0.4, 0.5) is 0 Å². The molecule has 1 aliphatic rings. The van der Waals surface area contributed by atoms with Crippen molar-refractivity contribution in [2.45, 2.75) is 45.6 Å². The maximum atomic E-state index is 12.1. The Hall–Kier alpha value is -2.30. The highest BCUT2D eigenvalue weighted by atomic mass is 16.5. The van der Waals surface area contributed by atoms with Crippen LogP contribution in [0.5, 0.6) is 5.75 Å². The summed E-state index contributed by atoms with van der Waals surface area (Å²) in [4.78, 5) is 25.5. The van der Waals surface area contributed by atoms with Gasteiger partial charge in [-0.05, 0) is 49.8 Å². The molecule has 0 unspecified atom stereocenters. The molecule has 0 atom stereocenters. The molecule has 2 amide bonds. The molecule has 2 rings (SSSR count). The number of nitrogens with zero attached hydrogens (tertiary/aromatic N) is 1. The molecule has 0 saturated heterocycles. The molecule has 1 N–H and O–H groups in total. The molecule has 1 aromatic rings. The number of benzene rings is 1. The van der Waals surface area contributed by atoms with Gasteiger partial charge < -0.3 is 15.0 Å². The number of ether oxygens (including phenoxy) is 1. The van der Waals surface area contributed by atoms with Crippen molar-refractivity contribution in [1.29, 1.82) is 0 Å². The molecule has 1 aliphatic carbocycles. The van der Waals surface area contributed by atoms with Crippen LogP contribution in [0, 0.1) is 0 Å². The Labute approximate surface area is 150 Å². The van der Waals surface area contributed by atoms with Gasteiger partial charge in [0.1, 0.15) is 5.75 Å². The summed E-state index contributed by atoms with van der Waals surface area (Å²) < 4.78 is 5.13. The first-order valence-electron chi connectivity index (χ1n) is 8.91. The van der Waals surface area contributed by atoms with Crippen LogP contribution in [0.2, 0.25) is 0 Å². The molecule has 0 radical (unpaired) electrons. The SMILES string of the molecule is COc1ccc(CN(CC(=O)NCCC2=CCCCC2)C(C)=O)cc1. The van der Waals surface area contributed by atoms with Crippen LogP contribution < -0.4 is 10.1 Å². The van der Waals surface area contributed by atoms with Crippen molar-refractivity contribution in [3.8, 4) is 5.75 Å². The number of hydrogen-bond donors (Lipinski definition) is 1. The van der Waals surface area contributed by atoms with E-state index in [0.29, 0.717) is 13.1 Å². The van der Waals surface area contributed by atoms with Crippen molar-refractivity contribution in [3.05, 3.63) is 41.5 Å². The Balaban J connectivity index is 1.79. The van der Waals surface area contributed by atoms with Gasteiger partial charge in [-0.25, -0.2) is 0 Å². The number of amides is 2. The first-order valence-corrected chi connectivity index (χ1v) is 8.91. The Morgan fingerprint density at radius 2 is 1.96 bits per heavy atom. The van der Waals surface area contributed by atoms with Crippen molar-refractivity contribution < 1.29 is 14.3 Å². The number of carbonyl (C=O) groups is 2. The van der Waals surface area contributed by atoms with Gasteiger partial charge in [-0.1, -0.05) is 23.8 Å². The van der Waals surface area contributed by atoms with E-state index in [4.69, 9.17) is 4.74 Å². The van der Waals surface area contributed by atoms with Gasteiger partial charge in [-0.2, -0.15) is 0 Å². The number of carbonyl (C=O) groups excluding carboxylic acids is 2. The predicted octanol–water partition coefficient (Wildman–Crippen LogP) is 3.05. The molecular formula is C20H28N2O3. The molecule has 5 nitrogen and oxygen atoms in total. The second-order valence-corrected chi connectivity index (χ2v) is 6.43. The average Bonchev–Trinajstić information content (AvgIpc) is 2.62. The quantitative estimate of drug-likeness (QED) is 0.738. The van der Waals surface area contributed by atoms with E-state index < -0.39 is 0 Å². The number of nitrogens with one attached hydrogen (secondary N) is 1. The maximum absolute atomic E-state index is 12.1. The second kappa shape index (κ2) is 9.87. The number of rotatable bonds is 8. The first-order chi connectivity index (χ1) is 12.1. The van der Waals surface area contributed by atoms with E-state index in [1.807, 2.05) is 24.3 Å². The Kier molecular flexibility index (Phi) is 7.51. The standard InChI is InChI=1S/C20H28N2O3/c1-16(23)22(14-18-8-10-19(25-2)11-9-18)15-20(24)21-13-12-17-6-4-3-5-7-17/h6,8-11H,3-5,7,12-15H2,1-2H3,(H,21,24). The Morgan fingerprint density at radius 3 is 2.56 bits per heavy atom. The van der Waals surface area contributed by atoms with Crippen LogP contribution in [0.3, 0.4) is 0 Å². The third kappa shape index (κ3) is 6.61.